The number of amides is 1. The Bertz CT molecular complexity index is 1030. The van der Waals surface area contributed by atoms with Gasteiger partial charge in [0.1, 0.15) is 18.1 Å². The highest BCUT2D eigenvalue weighted by atomic mass is 35.5. The highest BCUT2D eigenvalue weighted by Crippen LogP contribution is 2.19. The van der Waals surface area contributed by atoms with Gasteiger partial charge < -0.3 is 10.1 Å². The minimum atomic E-state index is -0.281. The Kier molecular flexibility index (Phi) is 6.11. The average Bonchev–Trinajstić information content (AvgIpc) is 2.69. The summed E-state index contributed by atoms with van der Waals surface area (Å²) < 4.78 is 6.48. The summed E-state index contributed by atoms with van der Waals surface area (Å²) in [7, 11) is 1.60. The van der Waals surface area contributed by atoms with E-state index >= 15 is 0 Å². The van der Waals surface area contributed by atoms with E-state index in [4.69, 9.17) is 16.3 Å². The summed E-state index contributed by atoms with van der Waals surface area (Å²) in [4.78, 5) is 29.4. The molecule has 0 saturated heterocycles. The number of hydrogen-bond acceptors (Lipinski definition) is 4. The Morgan fingerprint density at radius 3 is 2.46 bits per heavy atom. The van der Waals surface area contributed by atoms with Crippen molar-refractivity contribution in [2.45, 2.75) is 20.0 Å². The van der Waals surface area contributed by atoms with E-state index in [2.05, 4.69) is 10.3 Å². The summed E-state index contributed by atoms with van der Waals surface area (Å²) >= 11 is 5.94. The molecule has 28 heavy (non-hydrogen) atoms. The van der Waals surface area contributed by atoms with E-state index in [0.717, 1.165) is 11.3 Å². The lowest BCUT2D eigenvalue weighted by Gasteiger charge is -2.13. The van der Waals surface area contributed by atoms with E-state index in [-0.39, 0.29) is 18.0 Å². The van der Waals surface area contributed by atoms with Crippen molar-refractivity contribution in [3.8, 4) is 17.1 Å². The molecule has 0 atom stereocenters. The predicted molar refractivity (Wildman–Crippen MR) is 109 cm³/mol. The predicted octanol–water partition coefficient (Wildman–Crippen LogP) is 3.20. The van der Waals surface area contributed by atoms with Gasteiger partial charge in [0.05, 0.1) is 7.11 Å². The fourth-order valence-electron chi connectivity index (χ4n) is 2.74. The molecule has 1 heterocycles. The Balaban J connectivity index is 1.78. The molecule has 0 unspecified atom stereocenters. The zero-order valence-corrected chi connectivity index (χ0v) is 16.4. The van der Waals surface area contributed by atoms with E-state index in [1.54, 1.807) is 38.3 Å². The average molecular weight is 398 g/mol. The number of aromatic nitrogens is 2. The van der Waals surface area contributed by atoms with Gasteiger partial charge in [0.25, 0.3) is 5.56 Å². The van der Waals surface area contributed by atoms with Gasteiger partial charge in [-0.3, -0.25) is 14.2 Å². The number of hydrogen-bond donors (Lipinski definition) is 1. The lowest BCUT2D eigenvalue weighted by Crippen LogP contribution is -2.33. The molecule has 0 spiro atoms. The zero-order valence-electron chi connectivity index (χ0n) is 15.6. The number of nitrogens with zero attached hydrogens (tertiary/aromatic N) is 2. The second kappa shape index (κ2) is 8.71. The number of benzene rings is 2. The van der Waals surface area contributed by atoms with Crippen molar-refractivity contribution in [2.75, 3.05) is 7.11 Å². The number of carbonyl (C=O) groups is 1. The van der Waals surface area contributed by atoms with Crippen LogP contribution in [0.1, 0.15) is 11.3 Å². The quantitative estimate of drug-likeness (QED) is 0.693. The van der Waals surface area contributed by atoms with Crippen molar-refractivity contribution in [2.24, 2.45) is 0 Å². The van der Waals surface area contributed by atoms with Crippen LogP contribution in [0.5, 0.6) is 5.75 Å². The van der Waals surface area contributed by atoms with E-state index in [1.165, 1.54) is 10.6 Å². The molecule has 0 radical (unpaired) electrons. The molecule has 0 aliphatic rings. The minimum Gasteiger partial charge on any atom is -0.497 e. The summed E-state index contributed by atoms with van der Waals surface area (Å²) in [6.07, 6.45) is 0. The normalized spacial score (nSPS) is 10.5. The SMILES string of the molecule is COc1ccc(CNC(=O)Cn2c(-c3ccc(Cl)cc3)nc(C)cc2=O)cc1. The molecule has 3 rings (SSSR count). The summed E-state index contributed by atoms with van der Waals surface area (Å²) in [5.41, 5.74) is 1.96. The third-order valence-corrected chi connectivity index (χ3v) is 4.44. The Morgan fingerprint density at radius 1 is 1.14 bits per heavy atom. The third kappa shape index (κ3) is 4.78. The molecule has 0 aliphatic heterocycles. The van der Waals surface area contributed by atoms with Crippen molar-refractivity contribution in [1.29, 1.82) is 0 Å². The first-order valence-corrected chi connectivity index (χ1v) is 9.08. The van der Waals surface area contributed by atoms with Gasteiger partial charge in [-0.1, -0.05) is 23.7 Å². The number of halogens is 1. The maximum Gasteiger partial charge on any atom is 0.254 e. The summed E-state index contributed by atoms with van der Waals surface area (Å²) in [6.45, 7) is 1.97. The van der Waals surface area contributed by atoms with Gasteiger partial charge >= 0.3 is 0 Å². The van der Waals surface area contributed by atoms with E-state index in [9.17, 15) is 9.59 Å². The number of aryl methyl sites for hydroxylation is 1. The Hall–Kier alpha value is -3.12. The van der Waals surface area contributed by atoms with Gasteiger partial charge in [-0.2, -0.15) is 0 Å². The monoisotopic (exact) mass is 397 g/mol. The summed E-state index contributed by atoms with van der Waals surface area (Å²) in [6, 6.07) is 15.8. The molecular weight excluding hydrogens is 378 g/mol. The number of carbonyl (C=O) groups excluding carboxylic acids is 1. The fourth-order valence-corrected chi connectivity index (χ4v) is 2.86. The Morgan fingerprint density at radius 2 is 1.82 bits per heavy atom. The minimum absolute atomic E-state index is 0.125. The van der Waals surface area contributed by atoms with Crippen molar-refractivity contribution < 1.29 is 9.53 Å². The van der Waals surface area contributed by atoms with Crippen LogP contribution in [0.3, 0.4) is 0 Å². The smallest absolute Gasteiger partial charge is 0.254 e. The highest BCUT2D eigenvalue weighted by molar-refractivity contribution is 6.30. The first kappa shape index (κ1) is 19.6. The molecular formula is C21H20ClN3O3. The van der Waals surface area contributed by atoms with Crippen LogP contribution in [0, 0.1) is 6.92 Å². The summed E-state index contributed by atoms with van der Waals surface area (Å²) in [5.74, 6) is 0.903. The molecule has 144 valence electrons. The van der Waals surface area contributed by atoms with E-state index in [0.29, 0.717) is 28.6 Å². The number of ether oxygens (including phenoxy) is 1. The molecule has 0 aliphatic carbocycles. The van der Waals surface area contributed by atoms with Crippen LogP contribution in [0.25, 0.3) is 11.4 Å². The lowest BCUT2D eigenvalue weighted by molar-refractivity contribution is -0.121. The largest absolute Gasteiger partial charge is 0.497 e. The van der Waals surface area contributed by atoms with Gasteiger partial charge in [-0.05, 0) is 48.9 Å². The topological polar surface area (TPSA) is 73.2 Å². The molecule has 0 bridgehead atoms. The maximum absolute atomic E-state index is 12.5. The van der Waals surface area contributed by atoms with Crippen LogP contribution in [0.2, 0.25) is 5.02 Å². The van der Waals surface area contributed by atoms with Gasteiger partial charge in [0.2, 0.25) is 5.91 Å². The highest BCUT2D eigenvalue weighted by Gasteiger charge is 2.13. The number of rotatable bonds is 6. The molecule has 3 aromatic rings. The lowest BCUT2D eigenvalue weighted by atomic mass is 10.2. The van der Waals surface area contributed by atoms with E-state index < -0.39 is 0 Å². The van der Waals surface area contributed by atoms with Crippen LogP contribution in [0.4, 0.5) is 0 Å². The van der Waals surface area contributed by atoms with Gasteiger partial charge in [-0.25, -0.2) is 4.98 Å². The maximum atomic E-state index is 12.5. The first-order valence-electron chi connectivity index (χ1n) is 8.70. The van der Waals surface area contributed by atoms with Crippen LogP contribution < -0.4 is 15.6 Å². The van der Waals surface area contributed by atoms with Gasteiger partial charge in [-0.15, -0.1) is 0 Å². The first-order chi connectivity index (χ1) is 13.5. The summed E-state index contributed by atoms with van der Waals surface area (Å²) in [5, 5.41) is 3.41. The van der Waals surface area contributed by atoms with Crippen molar-refractivity contribution in [3.05, 3.63) is 81.2 Å². The standard InChI is InChI=1S/C21H20ClN3O3/c1-14-11-20(27)25(21(24-14)16-5-7-17(22)8-6-16)13-19(26)23-12-15-3-9-18(28-2)10-4-15/h3-11H,12-13H2,1-2H3,(H,23,26). The van der Waals surface area contributed by atoms with Crippen LogP contribution in [0.15, 0.2) is 59.4 Å². The molecule has 6 nitrogen and oxygen atoms in total. The van der Waals surface area contributed by atoms with E-state index in [1.807, 2.05) is 24.3 Å². The molecule has 7 heteroatoms. The van der Waals surface area contributed by atoms with Crippen molar-refractivity contribution in [3.63, 3.8) is 0 Å². The third-order valence-electron chi connectivity index (χ3n) is 4.19. The van der Waals surface area contributed by atoms with Crippen molar-refractivity contribution >= 4 is 17.5 Å². The van der Waals surface area contributed by atoms with Gasteiger partial charge in [0.15, 0.2) is 0 Å². The molecule has 1 amide bonds. The zero-order chi connectivity index (χ0) is 20.1. The van der Waals surface area contributed by atoms with Crippen LogP contribution >= 0.6 is 11.6 Å². The second-order valence-corrected chi connectivity index (χ2v) is 6.71. The van der Waals surface area contributed by atoms with Crippen LogP contribution in [-0.2, 0) is 17.9 Å². The number of methoxy groups -OCH3 is 1. The van der Waals surface area contributed by atoms with Crippen LogP contribution in [-0.4, -0.2) is 22.6 Å². The van der Waals surface area contributed by atoms with Gasteiger partial charge in [0, 0.05) is 28.9 Å². The Labute approximate surface area is 167 Å². The molecule has 0 saturated carbocycles. The molecule has 1 aromatic heterocycles. The molecule has 2 aromatic carbocycles. The second-order valence-electron chi connectivity index (χ2n) is 6.28. The molecule has 1 N–H and O–H groups in total. The van der Waals surface area contributed by atoms with Crippen molar-refractivity contribution in [1.82, 2.24) is 14.9 Å². The fraction of sp³-hybridized carbons (Fsp3) is 0.190. The molecule has 0 fully saturated rings. The number of nitrogens with one attached hydrogen (secondary N) is 1.